The van der Waals surface area contributed by atoms with Crippen molar-refractivity contribution in [2.24, 2.45) is 0 Å². The van der Waals surface area contributed by atoms with E-state index in [1.807, 2.05) is 25.2 Å². The predicted octanol–water partition coefficient (Wildman–Crippen LogP) is 3.52. The van der Waals surface area contributed by atoms with E-state index in [9.17, 15) is 0 Å². The van der Waals surface area contributed by atoms with E-state index in [0.717, 1.165) is 12.2 Å². The maximum absolute atomic E-state index is 5.88. The number of halogens is 1. The van der Waals surface area contributed by atoms with E-state index in [0.29, 0.717) is 17.8 Å². The molecular formula is C17H26ClN3O2. The summed E-state index contributed by atoms with van der Waals surface area (Å²) in [6.45, 7) is 8.86. The van der Waals surface area contributed by atoms with Crippen LogP contribution in [-0.4, -0.2) is 23.2 Å². The number of para-hydroxylation sites is 1. The largest absolute Gasteiger partial charge is 0.483 e. The molecule has 1 unspecified atom stereocenters. The average Bonchev–Trinajstić information content (AvgIpc) is 2.92. The van der Waals surface area contributed by atoms with Crippen LogP contribution in [0.25, 0.3) is 0 Å². The minimum atomic E-state index is 0. The van der Waals surface area contributed by atoms with Crippen LogP contribution in [0.3, 0.4) is 0 Å². The third-order valence-corrected chi connectivity index (χ3v) is 3.54. The number of nitrogens with zero attached hydrogens (tertiary/aromatic N) is 2. The van der Waals surface area contributed by atoms with Gasteiger partial charge in [0.2, 0.25) is 0 Å². The summed E-state index contributed by atoms with van der Waals surface area (Å²) in [7, 11) is 1.91. The number of aromatic nitrogens is 2. The highest BCUT2D eigenvalue weighted by molar-refractivity contribution is 5.85. The van der Waals surface area contributed by atoms with Crippen LogP contribution < -0.4 is 10.1 Å². The lowest BCUT2D eigenvalue weighted by Crippen LogP contribution is -2.24. The van der Waals surface area contributed by atoms with Crippen LogP contribution in [0.4, 0.5) is 0 Å². The molecule has 1 atom stereocenters. The molecule has 0 spiro atoms. The minimum absolute atomic E-state index is 0. The summed E-state index contributed by atoms with van der Waals surface area (Å²) in [6, 6.07) is 8.37. The molecule has 1 N–H and O–H groups in total. The number of rotatable bonds is 6. The second-order valence-corrected chi connectivity index (χ2v) is 6.53. The fraction of sp³-hybridized carbons (Fsp3) is 0.529. The van der Waals surface area contributed by atoms with Crippen molar-refractivity contribution >= 4 is 12.4 Å². The first-order valence-electron chi connectivity index (χ1n) is 7.61. The third kappa shape index (κ3) is 5.52. The maximum atomic E-state index is 5.88. The second kappa shape index (κ2) is 8.31. The van der Waals surface area contributed by atoms with Crippen molar-refractivity contribution in [1.29, 1.82) is 0 Å². The highest BCUT2D eigenvalue weighted by Crippen LogP contribution is 2.31. The Bertz CT molecular complexity index is 608. The van der Waals surface area contributed by atoms with Gasteiger partial charge in [-0.05, 0) is 31.0 Å². The molecular weight excluding hydrogens is 314 g/mol. The van der Waals surface area contributed by atoms with E-state index in [4.69, 9.17) is 9.26 Å². The Morgan fingerprint density at radius 2 is 1.96 bits per heavy atom. The quantitative estimate of drug-likeness (QED) is 0.872. The van der Waals surface area contributed by atoms with Crippen molar-refractivity contribution in [2.45, 2.75) is 52.2 Å². The van der Waals surface area contributed by atoms with Gasteiger partial charge < -0.3 is 14.6 Å². The molecule has 0 fully saturated rings. The molecule has 1 heterocycles. The molecule has 23 heavy (non-hydrogen) atoms. The molecule has 2 rings (SSSR count). The van der Waals surface area contributed by atoms with E-state index in [1.54, 1.807) is 0 Å². The highest BCUT2D eigenvalue weighted by Gasteiger charge is 2.19. The van der Waals surface area contributed by atoms with Gasteiger partial charge in [-0.3, -0.25) is 0 Å². The molecule has 1 aromatic carbocycles. The highest BCUT2D eigenvalue weighted by atomic mass is 35.5. The summed E-state index contributed by atoms with van der Waals surface area (Å²) in [5.41, 5.74) is 1.19. The lowest BCUT2D eigenvalue weighted by Gasteiger charge is -2.22. The van der Waals surface area contributed by atoms with E-state index in [2.05, 4.69) is 49.2 Å². The van der Waals surface area contributed by atoms with Crippen molar-refractivity contribution in [2.75, 3.05) is 7.05 Å². The molecule has 0 amide bonds. The van der Waals surface area contributed by atoms with Crippen LogP contribution in [0, 0.1) is 0 Å². The van der Waals surface area contributed by atoms with Crippen LogP contribution in [0.2, 0.25) is 0 Å². The SMILES string of the molecule is CNC(C)Cc1noc(COc2ccccc2C(C)(C)C)n1.Cl. The molecule has 2 aromatic rings. The van der Waals surface area contributed by atoms with Gasteiger partial charge in [0, 0.05) is 12.5 Å². The maximum Gasteiger partial charge on any atom is 0.264 e. The second-order valence-electron chi connectivity index (χ2n) is 6.53. The van der Waals surface area contributed by atoms with Gasteiger partial charge in [0.1, 0.15) is 5.75 Å². The lowest BCUT2D eigenvalue weighted by molar-refractivity contribution is 0.238. The fourth-order valence-corrected chi connectivity index (χ4v) is 2.16. The van der Waals surface area contributed by atoms with E-state index in [-0.39, 0.29) is 24.4 Å². The van der Waals surface area contributed by atoms with Gasteiger partial charge in [-0.15, -0.1) is 12.4 Å². The lowest BCUT2D eigenvalue weighted by atomic mass is 9.86. The van der Waals surface area contributed by atoms with Gasteiger partial charge in [-0.2, -0.15) is 4.98 Å². The van der Waals surface area contributed by atoms with E-state index >= 15 is 0 Å². The predicted molar refractivity (Wildman–Crippen MR) is 93.2 cm³/mol. The first-order valence-corrected chi connectivity index (χ1v) is 7.61. The van der Waals surface area contributed by atoms with Gasteiger partial charge in [0.05, 0.1) is 0 Å². The van der Waals surface area contributed by atoms with Gasteiger partial charge in [-0.25, -0.2) is 0 Å². The Labute approximate surface area is 144 Å². The Morgan fingerprint density at radius 1 is 1.26 bits per heavy atom. The van der Waals surface area contributed by atoms with Crippen molar-refractivity contribution in [3.8, 4) is 5.75 Å². The summed E-state index contributed by atoms with van der Waals surface area (Å²) < 4.78 is 11.1. The molecule has 0 saturated heterocycles. The zero-order valence-corrected chi connectivity index (χ0v) is 15.2. The molecule has 6 heteroatoms. The average molecular weight is 340 g/mol. The Morgan fingerprint density at radius 3 is 2.61 bits per heavy atom. The number of hydrogen-bond acceptors (Lipinski definition) is 5. The number of likely N-dealkylation sites (N-methyl/N-ethyl adjacent to an activating group) is 1. The van der Waals surface area contributed by atoms with Gasteiger partial charge in [0.15, 0.2) is 12.4 Å². The van der Waals surface area contributed by atoms with Crippen molar-refractivity contribution in [3.05, 3.63) is 41.5 Å². The van der Waals surface area contributed by atoms with E-state index in [1.165, 1.54) is 5.56 Å². The van der Waals surface area contributed by atoms with Crippen LogP contribution in [-0.2, 0) is 18.4 Å². The molecule has 0 radical (unpaired) electrons. The number of nitrogens with one attached hydrogen (secondary N) is 1. The summed E-state index contributed by atoms with van der Waals surface area (Å²) in [6.07, 6.45) is 0.735. The van der Waals surface area contributed by atoms with Crippen molar-refractivity contribution in [1.82, 2.24) is 15.5 Å². The first-order chi connectivity index (χ1) is 10.4. The minimum Gasteiger partial charge on any atom is -0.483 e. The molecule has 0 saturated carbocycles. The van der Waals surface area contributed by atoms with Gasteiger partial charge in [-0.1, -0.05) is 44.1 Å². The van der Waals surface area contributed by atoms with Crippen LogP contribution in [0.15, 0.2) is 28.8 Å². The van der Waals surface area contributed by atoms with E-state index < -0.39 is 0 Å². The monoisotopic (exact) mass is 339 g/mol. The number of hydrogen-bond donors (Lipinski definition) is 1. The number of ether oxygens (including phenoxy) is 1. The molecule has 0 bridgehead atoms. The zero-order chi connectivity index (χ0) is 16.2. The summed E-state index contributed by atoms with van der Waals surface area (Å²) in [5, 5.41) is 7.13. The van der Waals surface area contributed by atoms with Crippen LogP contribution in [0.1, 0.15) is 45.0 Å². The normalized spacial score (nSPS) is 12.6. The molecule has 0 aliphatic carbocycles. The first kappa shape index (κ1) is 19.5. The van der Waals surface area contributed by atoms with Gasteiger partial charge in [0.25, 0.3) is 5.89 Å². The molecule has 0 aliphatic rings. The Kier molecular flexibility index (Phi) is 7.03. The summed E-state index contributed by atoms with van der Waals surface area (Å²) >= 11 is 0. The van der Waals surface area contributed by atoms with Crippen LogP contribution >= 0.6 is 12.4 Å². The van der Waals surface area contributed by atoms with Crippen LogP contribution in [0.5, 0.6) is 5.75 Å². The molecule has 1 aromatic heterocycles. The third-order valence-electron chi connectivity index (χ3n) is 3.54. The number of benzene rings is 1. The Balaban J connectivity index is 0.00000264. The molecule has 5 nitrogen and oxygen atoms in total. The molecule has 128 valence electrons. The fourth-order valence-electron chi connectivity index (χ4n) is 2.16. The van der Waals surface area contributed by atoms with Gasteiger partial charge >= 0.3 is 0 Å². The zero-order valence-electron chi connectivity index (χ0n) is 14.4. The Hall–Kier alpha value is -1.59. The topological polar surface area (TPSA) is 60.2 Å². The smallest absolute Gasteiger partial charge is 0.264 e. The summed E-state index contributed by atoms with van der Waals surface area (Å²) in [4.78, 5) is 4.36. The van der Waals surface area contributed by atoms with Crippen molar-refractivity contribution in [3.63, 3.8) is 0 Å². The molecule has 0 aliphatic heterocycles. The van der Waals surface area contributed by atoms with Crippen molar-refractivity contribution < 1.29 is 9.26 Å². The summed E-state index contributed by atoms with van der Waals surface area (Å²) in [5.74, 6) is 2.06. The standard InChI is InChI=1S/C17H25N3O2.ClH/c1-12(18-5)10-15-19-16(22-20-15)11-21-14-9-7-6-8-13(14)17(2,3)4;/h6-9,12,18H,10-11H2,1-5H3;1H.